The van der Waals surface area contributed by atoms with E-state index in [-0.39, 0.29) is 17.6 Å². The lowest BCUT2D eigenvalue weighted by atomic mass is 9.85. The molecular formula is C22H24ClN5O3. The highest BCUT2D eigenvalue weighted by Gasteiger charge is 2.30. The van der Waals surface area contributed by atoms with E-state index in [0.29, 0.717) is 33.5 Å². The zero-order valence-electron chi connectivity index (χ0n) is 17.4. The average molecular weight is 442 g/mol. The Bertz CT molecular complexity index is 1090. The first-order valence-electron chi connectivity index (χ1n) is 10.2. The van der Waals surface area contributed by atoms with Gasteiger partial charge in [0.25, 0.3) is 5.91 Å². The number of carbonyl (C=O) groups excluding carboxylic acids is 2. The van der Waals surface area contributed by atoms with Gasteiger partial charge in [-0.3, -0.25) is 14.6 Å². The van der Waals surface area contributed by atoms with Crippen LogP contribution >= 0.6 is 11.6 Å². The van der Waals surface area contributed by atoms with Gasteiger partial charge in [-0.2, -0.15) is 0 Å². The maximum atomic E-state index is 13.0. The number of carbonyl (C=O) groups is 2. The van der Waals surface area contributed by atoms with Crippen LogP contribution in [0.5, 0.6) is 0 Å². The molecule has 2 N–H and O–H groups in total. The quantitative estimate of drug-likeness (QED) is 0.615. The van der Waals surface area contributed by atoms with E-state index in [2.05, 4.69) is 39.6 Å². The van der Waals surface area contributed by atoms with Crippen molar-refractivity contribution in [3.05, 3.63) is 47.6 Å². The number of furan rings is 1. The van der Waals surface area contributed by atoms with Gasteiger partial charge >= 0.3 is 0 Å². The molecule has 0 atom stereocenters. The molecular weight excluding hydrogens is 418 g/mol. The summed E-state index contributed by atoms with van der Waals surface area (Å²) in [5.74, 6) is -0.394. The van der Waals surface area contributed by atoms with E-state index in [1.54, 1.807) is 30.6 Å². The first-order valence-corrected chi connectivity index (χ1v) is 10.6. The number of hydrogen-bond donors (Lipinski definition) is 2. The van der Waals surface area contributed by atoms with Gasteiger partial charge in [-0.1, -0.05) is 11.6 Å². The second-order valence-corrected chi connectivity index (χ2v) is 8.39. The highest BCUT2D eigenvalue weighted by atomic mass is 35.5. The van der Waals surface area contributed by atoms with Crippen LogP contribution in [0.15, 0.2) is 41.2 Å². The lowest BCUT2D eigenvalue weighted by Gasteiger charge is -2.31. The lowest BCUT2D eigenvalue weighted by molar-refractivity contribution is -0.121. The molecule has 0 aliphatic heterocycles. The van der Waals surface area contributed by atoms with E-state index in [9.17, 15) is 9.59 Å². The zero-order chi connectivity index (χ0) is 22.0. The summed E-state index contributed by atoms with van der Waals surface area (Å²) in [5.41, 5.74) is 0.796. The summed E-state index contributed by atoms with van der Waals surface area (Å²) in [4.78, 5) is 36.3. The first kappa shape index (κ1) is 21.3. The predicted molar refractivity (Wildman–Crippen MR) is 119 cm³/mol. The topological polar surface area (TPSA) is 100 Å². The van der Waals surface area contributed by atoms with Gasteiger partial charge in [-0.05, 0) is 58.0 Å². The number of halogens is 1. The summed E-state index contributed by atoms with van der Waals surface area (Å²) in [7, 11) is 4.13. The molecule has 0 aromatic carbocycles. The largest absolute Gasteiger partial charge is 0.448 e. The summed E-state index contributed by atoms with van der Waals surface area (Å²) in [6.45, 7) is 0. The molecule has 162 valence electrons. The second-order valence-electron chi connectivity index (χ2n) is 7.95. The summed E-state index contributed by atoms with van der Waals surface area (Å²) in [6.07, 6.45) is 8.13. The molecule has 31 heavy (non-hydrogen) atoms. The Balaban J connectivity index is 1.56. The summed E-state index contributed by atoms with van der Waals surface area (Å²) >= 11 is 5.85. The highest BCUT2D eigenvalue weighted by Crippen LogP contribution is 2.33. The third kappa shape index (κ3) is 4.70. The van der Waals surface area contributed by atoms with Crippen LogP contribution in [0.1, 0.15) is 36.2 Å². The molecule has 1 saturated carbocycles. The number of anilines is 2. The fraction of sp³-hybridized carbons (Fsp3) is 0.364. The Morgan fingerprint density at radius 2 is 1.87 bits per heavy atom. The summed E-state index contributed by atoms with van der Waals surface area (Å²) in [5, 5.41) is 6.65. The van der Waals surface area contributed by atoms with Crippen LogP contribution in [0.4, 0.5) is 11.5 Å². The molecule has 0 unspecified atom stereocenters. The van der Waals surface area contributed by atoms with E-state index in [4.69, 9.17) is 16.0 Å². The minimum Gasteiger partial charge on any atom is -0.448 e. The Labute approximate surface area is 185 Å². The number of rotatable bonds is 5. The summed E-state index contributed by atoms with van der Waals surface area (Å²) < 4.78 is 5.77. The van der Waals surface area contributed by atoms with Crippen LogP contribution in [0.2, 0.25) is 5.02 Å². The smallest absolute Gasteiger partial charge is 0.294 e. The Kier molecular flexibility index (Phi) is 6.20. The maximum Gasteiger partial charge on any atom is 0.294 e. The van der Waals surface area contributed by atoms with E-state index < -0.39 is 5.91 Å². The molecule has 0 saturated heterocycles. The first-order chi connectivity index (χ1) is 14.9. The second kappa shape index (κ2) is 9.03. The molecule has 0 spiro atoms. The van der Waals surface area contributed by atoms with Crippen LogP contribution < -0.4 is 10.6 Å². The SMILES string of the molecule is CN(C)C1CCC(C(=O)Nc2c(C(=O)Nc3ccc(Cl)cn3)oc3ccncc23)CC1. The van der Waals surface area contributed by atoms with Crippen molar-refractivity contribution in [2.45, 2.75) is 31.7 Å². The molecule has 4 rings (SSSR count). The number of nitrogens with one attached hydrogen (secondary N) is 2. The number of nitrogens with zero attached hydrogens (tertiary/aromatic N) is 3. The van der Waals surface area contributed by atoms with Gasteiger partial charge in [0, 0.05) is 30.6 Å². The van der Waals surface area contributed by atoms with Crippen molar-refractivity contribution in [3.63, 3.8) is 0 Å². The summed E-state index contributed by atoms with van der Waals surface area (Å²) in [6, 6.07) is 5.37. The fourth-order valence-electron chi connectivity index (χ4n) is 3.93. The number of aromatic nitrogens is 2. The van der Waals surface area contributed by atoms with E-state index in [1.807, 2.05) is 0 Å². The van der Waals surface area contributed by atoms with Gasteiger partial charge in [0.1, 0.15) is 17.1 Å². The molecule has 2 amide bonds. The van der Waals surface area contributed by atoms with E-state index >= 15 is 0 Å². The van der Waals surface area contributed by atoms with Gasteiger partial charge in [0.15, 0.2) is 0 Å². The molecule has 8 nitrogen and oxygen atoms in total. The van der Waals surface area contributed by atoms with E-state index in [1.165, 1.54) is 6.20 Å². The standard InChI is InChI=1S/C22H24ClN5O3/c1-28(2)15-6-3-13(4-7-15)21(29)27-19-16-12-24-10-9-17(16)31-20(19)22(30)26-18-8-5-14(23)11-25-18/h5,8-13,15H,3-4,6-7H2,1-2H3,(H,27,29)(H,25,26,30). The molecule has 1 fully saturated rings. The Hall–Kier alpha value is -2.97. The number of hydrogen-bond acceptors (Lipinski definition) is 6. The highest BCUT2D eigenvalue weighted by molar-refractivity contribution is 6.30. The van der Waals surface area contributed by atoms with Crippen molar-refractivity contribution in [1.29, 1.82) is 0 Å². The molecule has 3 aromatic heterocycles. The van der Waals surface area contributed by atoms with Gasteiger partial charge in [0.2, 0.25) is 11.7 Å². The molecule has 3 heterocycles. The number of fused-ring (bicyclic) bond motifs is 1. The molecule has 9 heteroatoms. The average Bonchev–Trinajstić information content (AvgIpc) is 3.14. The van der Waals surface area contributed by atoms with Crippen molar-refractivity contribution < 1.29 is 14.0 Å². The monoisotopic (exact) mass is 441 g/mol. The van der Waals surface area contributed by atoms with Crippen LogP contribution in [0, 0.1) is 5.92 Å². The zero-order valence-corrected chi connectivity index (χ0v) is 18.1. The third-order valence-electron chi connectivity index (χ3n) is 5.71. The van der Waals surface area contributed by atoms with Gasteiger partial charge in [-0.25, -0.2) is 4.98 Å². The molecule has 1 aliphatic rings. The molecule has 0 bridgehead atoms. The van der Waals surface area contributed by atoms with E-state index in [0.717, 1.165) is 25.7 Å². The Morgan fingerprint density at radius 3 is 2.55 bits per heavy atom. The molecule has 0 radical (unpaired) electrons. The molecule has 3 aromatic rings. The van der Waals surface area contributed by atoms with Crippen LogP contribution in [-0.2, 0) is 4.79 Å². The van der Waals surface area contributed by atoms with Gasteiger partial charge in [0.05, 0.1) is 10.4 Å². The maximum absolute atomic E-state index is 13.0. The minimum atomic E-state index is -0.516. The van der Waals surface area contributed by atoms with Crippen LogP contribution in [0.25, 0.3) is 11.0 Å². The predicted octanol–water partition coefficient (Wildman–Crippen LogP) is 4.19. The number of pyridine rings is 2. The van der Waals surface area contributed by atoms with Crippen LogP contribution in [-0.4, -0.2) is 46.8 Å². The third-order valence-corrected chi connectivity index (χ3v) is 5.93. The van der Waals surface area contributed by atoms with Crippen molar-refractivity contribution in [2.24, 2.45) is 5.92 Å². The minimum absolute atomic E-state index is 0.00933. The van der Waals surface area contributed by atoms with Crippen molar-refractivity contribution in [2.75, 3.05) is 24.7 Å². The van der Waals surface area contributed by atoms with Crippen molar-refractivity contribution in [3.8, 4) is 0 Å². The van der Waals surface area contributed by atoms with Crippen molar-refractivity contribution >= 4 is 45.9 Å². The van der Waals surface area contributed by atoms with Crippen molar-refractivity contribution in [1.82, 2.24) is 14.9 Å². The normalized spacial score (nSPS) is 18.8. The lowest BCUT2D eigenvalue weighted by Crippen LogP contribution is -2.35. The Morgan fingerprint density at radius 1 is 1.10 bits per heavy atom. The van der Waals surface area contributed by atoms with Crippen LogP contribution in [0.3, 0.4) is 0 Å². The molecule has 1 aliphatic carbocycles. The fourth-order valence-corrected chi connectivity index (χ4v) is 4.04. The number of amides is 2. The van der Waals surface area contributed by atoms with Gasteiger partial charge < -0.3 is 20.0 Å². The van der Waals surface area contributed by atoms with Gasteiger partial charge in [-0.15, -0.1) is 0 Å².